The number of hydrogen-bond acceptors (Lipinski definition) is 3. The Morgan fingerprint density at radius 1 is 1.21 bits per heavy atom. The lowest BCUT2D eigenvalue weighted by Gasteiger charge is -2.30. The number of esters is 1. The van der Waals surface area contributed by atoms with Gasteiger partial charge in [0.15, 0.2) is 0 Å². The van der Waals surface area contributed by atoms with E-state index in [9.17, 15) is 9.18 Å². The fourth-order valence-electron chi connectivity index (χ4n) is 3.48. The molecule has 0 amide bonds. The first-order valence-electron chi connectivity index (χ1n) is 7.86. The number of fused-ring (bicyclic) bond motifs is 3. The van der Waals surface area contributed by atoms with Crippen molar-refractivity contribution in [1.29, 1.82) is 0 Å². The zero-order valence-corrected chi connectivity index (χ0v) is 13.2. The summed E-state index contributed by atoms with van der Waals surface area (Å²) in [5.74, 6) is -0.612. The molecule has 2 N–H and O–H groups in total. The molecule has 0 fully saturated rings. The van der Waals surface area contributed by atoms with Gasteiger partial charge in [-0.25, -0.2) is 4.39 Å². The number of aromatic amines is 1. The first-order chi connectivity index (χ1) is 11.7. The molecule has 1 aliphatic heterocycles. The van der Waals surface area contributed by atoms with E-state index in [0.717, 1.165) is 27.7 Å². The van der Waals surface area contributed by atoms with Crippen molar-refractivity contribution in [2.24, 2.45) is 0 Å². The van der Waals surface area contributed by atoms with Crippen LogP contribution in [0.1, 0.15) is 22.9 Å². The summed E-state index contributed by atoms with van der Waals surface area (Å²) in [5.41, 5.74) is 3.84. The molecule has 5 heteroatoms. The maximum Gasteiger partial charge on any atom is 0.323 e. The van der Waals surface area contributed by atoms with E-state index in [4.69, 9.17) is 4.74 Å². The molecule has 0 unspecified atom stereocenters. The van der Waals surface area contributed by atoms with Crippen molar-refractivity contribution in [3.05, 3.63) is 71.2 Å². The molecule has 0 saturated carbocycles. The van der Waals surface area contributed by atoms with Crippen LogP contribution in [0.4, 0.5) is 4.39 Å². The predicted octanol–water partition coefficient (Wildman–Crippen LogP) is 3.08. The van der Waals surface area contributed by atoms with Gasteiger partial charge in [-0.1, -0.05) is 30.3 Å². The molecule has 2 aromatic carbocycles. The van der Waals surface area contributed by atoms with E-state index < -0.39 is 6.04 Å². The Hall–Kier alpha value is -2.66. The summed E-state index contributed by atoms with van der Waals surface area (Å²) < 4.78 is 18.6. The van der Waals surface area contributed by atoms with Crippen LogP contribution >= 0.6 is 0 Å². The molecule has 0 bridgehead atoms. The van der Waals surface area contributed by atoms with Crippen molar-refractivity contribution in [1.82, 2.24) is 10.3 Å². The third-order valence-corrected chi connectivity index (χ3v) is 4.58. The van der Waals surface area contributed by atoms with E-state index in [0.29, 0.717) is 6.42 Å². The number of nitrogens with one attached hydrogen (secondary N) is 2. The number of carbonyl (C=O) groups excluding carboxylic acids is 1. The molecule has 1 aromatic heterocycles. The second kappa shape index (κ2) is 5.76. The summed E-state index contributed by atoms with van der Waals surface area (Å²) in [6.45, 7) is 0. The summed E-state index contributed by atoms with van der Waals surface area (Å²) in [4.78, 5) is 15.5. The van der Waals surface area contributed by atoms with Crippen molar-refractivity contribution in [3.8, 4) is 0 Å². The smallest absolute Gasteiger partial charge is 0.323 e. The van der Waals surface area contributed by atoms with Gasteiger partial charge in [0, 0.05) is 23.0 Å². The van der Waals surface area contributed by atoms with Crippen molar-refractivity contribution in [2.75, 3.05) is 7.11 Å². The van der Waals surface area contributed by atoms with Crippen LogP contribution in [0.5, 0.6) is 0 Å². The van der Waals surface area contributed by atoms with E-state index in [1.54, 1.807) is 6.07 Å². The molecule has 4 nitrogen and oxygen atoms in total. The first-order valence-corrected chi connectivity index (χ1v) is 7.86. The quantitative estimate of drug-likeness (QED) is 0.712. The van der Waals surface area contributed by atoms with Gasteiger partial charge in [0.1, 0.15) is 11.9 Å². The molecular formula is C19H17FN2O2. The van der Waals surface area contributed by atoms with E-state index in [1.165, 1.54) is 19.2 Å². The molecule has 0 spiro atoms. The average molecular weight is 324 g/mol. The Labute approximate surface area is 138 Å². The molecule has 122 valence electrons. The van der Waals surface area contributed by atoms with Gasteiger partial charge < -0.3 is 9.72 Å². The molecule has 3 aromatic rings. The predicted molar refractivity (Wildman–Crippen MR) is 89.2 cm³/mol. The zero-order valence-electron chi connectivity index (χ0n) is 13.2. The molecule has 2 heterocycles. The number of carbonyl (C=O) groups is 1. The lowest BCUT2D eigenvalue weighted by atomic mass is 9.90. The maximum absolute atomic E-state index is 13.7. The van der Waals surface area contributed by atoms with Gasteiger partial charge in [-0.05, 0) is 29.3 Å². The lowest BCUT2D eigenvalue weighted by molar-refractivity contribution is -0.143. The number of para-hydroxylation sites is 1. The molecule has 0 saturated heterocycles. The number of ether oxygens (including phenoxy) is 1. The van der Waals surface area contributed by atoms with Crippen LogP contribution in [-0.2, 0) is 16.0 Å². The second-order valence-electron chi connectivity index (χ2n) is 6.00. The van der Waals surface area contributed by atoms with Crippen molar-refractivity contribution in [3.63, 3.8) is 0 Å². The van der Waals surface area contributed by atoms with E-state index in [1.807, 2.05) is 30.3 Å². The Bertz CT molecular complexity index is 919. The topological polar surface area (TPSA) is 54.1 Å². The summed E-state index contributed by atoms with van der Waals surface area (Å²) in [6.07, 6.45) is 0.540. The highest BCUT2D eigenvalue weighted by atomic mass is 19.1. The van der Waals surface area contributed by atoms with Crippen LogP contribution < -0.4 is 5.32 Å². The largest absolute Gasteiger partial charge is 0.468 e. The van der Waals surface area contributed by atoms with E-state index in [-0.39, 0.29) is 17.8 Å². The summed E-state index contributed by atoms with van der Waals surface area (Å²) in [5, 5.41) is 4.38. The minimum absolute atomic E-state index is 0.291. The summed E-state index contributed by atoms with van der Waals surface area (Å²) in [6, 6.07) is 13.7. The number of halogens is 1. The Morgan fingerprint density at radius 3 is 2.83 bits per heavy atom. The van der Waals surface area contributed by atoms with E-state index >= 15 is 0 Å². The van der Waals surface area contributed by atoms with E-state index in [2.05, 4.69) is 10.3 Å². The van der Waals surface area contributed by atoms with Crippen LogP contribution in [0.3, 0.4) is 0 Å². The highest BCUT2D eigenvalue weighted by Gasteiger charge is 2.34. The van der Waals surface area contributed by atoms with Gasteiger partial charge >= 0.3 is 5.97 Å². The second-order valence-corrected chi connectivity index (χ2v) is 6.00. The van der Waals surface area contributed by atoms with Gasteiger partial charge in [-0.15, -0.1) is 0 Å². The normalized spacial score (nSPS) is 19.9. The fourth-order valence-corrected chi connectivity index (χ4v) is 3.48. The van der Waals surface area contributed by atoms with Gasteiger partial charge in [-0.2, -0.15) is 0 Å². The standard InChI is InChI=1S/C19H17FN2O2/c1-24-19(23)16-10-14-13-7-2-3-8-15(13)21-18(14)17(22-16)11-5-4-6-12(20)9-11/h2-9,16-17,21-22H,10H2,1H3/t16-,17+/m1/s1. The maximum atomic E-state index is 13.7. The molecule has 1 aliphatic rings. The number of aromatic nitrogens is 1. The Balaban J connectivity index is 1.88. The fraction of sp³-hybridized carbons (Fsp3) is 0.211. The summed E-state index contributed by atoms with van der Waals surface area (Å²) in [7, 11) is 1.38. The molecule has 2 atom stereocenters. The first kappa shape index (κ1) is 14.9. The van der Waals surface area contributed by atoms with Gasteiger partial charge in [0.05, 0.1) is 13.2 Å². The number of benzene rings is 2. The zero-order chi connectivity index (χ0) is 16.7. The Morgan fingerprint density at radius 2 is 2.04 bits per heavy atom. The average Bonchev–Trinajstić information content (AvgIpc) is 2.99. The minimum Gasteiger partial charge on any atom is -0.468 e. The van der Waals surface area contributed by atoms with Crippen LogP contribution in [-0.4, -0.2) is 24.1 Å². The molecule has 0 aliphatic carbocycles. The van der Waals surface area contributed by atoms with Crippen LogP contribution in [0.2, 0.25) is 0 Å². The number of methoxy groups -OCH3 is 1. The van der Waals surface area contributed by atoms with Gasteiger partial charge in [0.25, 0.3) is 0 Å². The van der Waals surface area contributed by atoms with Crippen LogP contribution in [0, 0.1) is 5.82 Å². The van der Waals surface area contributed by atoms with Crippen molar-refractivity contribution >= 4 is 16.9 Å². The number of H-pyrrole nitrogens is 1. The molecular weight excluding hydrogens is 307 g/mol. The molecule has 0 radical (unpaired) electrons. The highest BCUT2D eigenvalue weighted by molar-refractivity contribution is 5.87. The van der Waals surface area contributed by atoms with Gasteiger partial charge in [0.2, 0.25) is 0 Å². The third-order valence-electron chi connectivity index (χ3n) is 4.58. The van der Waals surface area contributed by atoms with Crippen molar-refractivity contribution < 1.29 is 13.9 Å². The van der Waals surface area contributed by atoms with Crippen LogP contribution in [0.15, 0.2) is 48.5 Å². The molecule has 4 rings (SSSR count). The van der Waals surface area contributed by atoms with Crippen LogP contribution in [0.25, 0.3) is 10.9 Å². The minimum atomic E-state index is -0.463. The highest BCUT2D eigenvalue weighted by Crippen LogP contribution is 2.35. The molecule has 24 heavy (non-hydrogen) atoms. The number of hydrogen-bond donors (Lipinski definition) is 2. The van der Waals surface area contributed by atoms with Crippen molar-refractivity contribution in [2.45, 2.75) is 18.5 Å². The van der Waals surface area contributed by atoms with Gasteiger partial charge in [-0.3, -0.25) is 10.1 Å². The number of rotatable bonds is 2. The lowest BCUT2D eigenvalue weighted by Crippen LogP contribution is -2.45. The Kier molecular flexibility index (Phi) is 3.58. The SMILES string of the molecule is COC(=O)[C@H]1Cc2c([nH]c3ccccc23)[C@H](c2cccc(F)c2)N1. The summed E-state index contributed by atoms with van der Waals surface area (Å²) >= 11 is 0. The third kappa shape index (κ3) is 2.37. The monoisotopic (exact) mass is 324 g/mol.